The van der Waals surface area contributed by atoms with Crippen LogP contribution in [0.4, 0.5) is 4.39 Å². The highest BCUT2D eigenvalue weighted by Crippen LogP contribution is 2.34. The molecule has 3 rings (SSSR count). The molecule has 1 aromatic carbocycles. The van der Waals surface area contributed by atoms with Crippen molar-refractivity contribution in [2.24, 2.45) is 11.8 Å². The van der Waals surface area contributed by atoms with E-state index in [9.17, 15) is 14.0 Å². The topological polar surface area (TPSA) is 55.8 Å². The van der Waals surface area contributed by atoms with Crippen LogP contribution in [0.5, 0.6) is 5.75 Å². The molecule has 5 nitrogen and oxygen atoms in total. The summed E-state index contributed by atoms with van der Waals surface area (Å²) in [4.78, 5) is 26.2. The molecule has 25 heavy (non-hydrogen) atoms. The third kappa shape index (κ3) is 3.94. The Kier molecular flexibility index (Phi) is 4.97. The minimum Gasteiger partial charge on any atom is -0.490 e. The van der Waals surface area contributed by atoms with E-state index < -0.39 is 11.5 Å². The zero-order valence-corrected chi connectivity index (χ0v) is 14.7. The number of carbonyl (C=O) groups is 2. The summed E-state index contributed by atoms with van der Waals surface area (Å²) < 4.78 is 24.5. The number of amides is 1. The Hall–Kier alpha value is -2.11. The zero-order chi connectivity index (χ0) is 18.0. The number of hydrogen-bond acceptors (Lipinski definition) is 4. The highest BCUT2D eigenvalue weighted by molar-refractivity contribution is 5.87. The zero-order valence-electron chi connectivity index (χ0n) is 14.7. The predicted molar refractivity (Wildman–Crippen MR) is 89.5 cm³/mol. The van der Waals surface area contributed by atoms with Crippen LogP contribution in [-0.2, 0) is 14.3 Å². The molecule has 2 atom stereocenters. The van der Waals surface area contributed by atoms with Crippen molar-refractivity contribution >= 4 is 11.9 Å². The Bertz CT molecular complexity index is 661. The summed E-state index contributed by atoms with van der Waals surface area (Å²) in [6.45, 7) is 5.17. The van der Waals surface area contributed by atoms with Crippen LogP contribution in [0.1, 0.15) is 33.1 Å². The number of nitrogens with zero attached hydrogens (tertiary/aromatic N) is 1. The Morgan fingerprint density at radius 1 is 1.40 bits per heavy atom. The molecule has 2 fully saturated rings. The lowest BCUT2D eigenvalue weighted by atomic mass is 9.88. The number of ether oxygens (including phenoxy) is 2. The van der Waals surface area contributed by atoms with Gasteiger partial charge in [0.1, 0.15) is 5.60 Å². The van der Waals surface area contributed by atoms with Crippen molar-refractivity contribution in [2.45, 2.75) is 38.7 Å². The maximum atomic E-state index is 13.6. The van der Waals surface area contributed by atoms with E-state index in [1.54, 1.807) is 36.9 Å². The molecule has 136 valence electrons. The van der Waals surface area contributed by atoms with Crippen LogP contribution in [0.2, 0.25) is 0 Å². The van der Waals surface area contributed by atoms with Gasteiger partial charge in [0, 0.05) is 19.0 Å². The van der Waals surface area contributed by atoms with Gasteiger partial charge in [-0.1, -0.05) is 12.1 Å². The number of piperidine rings is 1. The Morgan fingerprint density at radius 3 is 2.84 bits per heavy atom. The fourth-order valence-corrected chi connectivity index (χ4v) is 3.59. The van der Waals surface area contributed by atoms with E-state index in [1.807, 2.05) is 0 Å². The van der Waals surface area contributed by atoms with Gasteiger partial charge in [-0.05, 0) is 38.8 Å². The molecule has 1 aromatic rings. The van der Waals surface area contributed by atoms with E-state index in [4.69, 9.17) is 9.47 Å². The molecular formula is C19H24FNO4. The van der Waals surface area contributed by atoms with Gasteiger partial charge in [-0.2, -0.15) is 0 Å². The van der Waals surface area contributed by atoms with Crippen molar-refractivity contribution in [3.05, 3.63) is 30.1 Å². The van der Waals surface area contributed by atoms with Gasteiger partial charge in [0.2, 0.25) is 5.91 Å². The lowest BCUT2D eigenvalue weighted by molar-refractivity contribution is -0.149. The molecule has 0 unspecified atom stereocenters. The number of para-hydroxylation sites is 1. The molecule has 2 heterocycles. The number of carbonyl (C=O) groups excluding carboxylic acids is 2. The summed E-state index contributed by atoms with van der Waals surface area (Å²) in [6.07, 6.45) is 1.94. The minimum absolute atomic E-state index is 0.0357. The van der Waals surface area contributed by atoms with Gasteiger partial charge in [-0.25, -0.2) is 4.39 Å². The molecule has 0 saturated carbocycles. The number of hydrogen-bond donors (Lipinski definition) is 0. The van der Waals surface area contributed by atoms with Crippen molar-refractivity contribution < 1.29 is 23.5 Å². The number of esters is 1. The fraction of sp³-hybridized carbons (Fsp3) is 0.579. The van der Waals surface area contributed by atoms with Crippen LogP contribution in [0, 0.1) is 17.7 Å². The van der Waals surface area contributed by atoms with Gasteiger partial charge < -0.3 is 14.4 Å². The first-order chi connectivity index (χ1) is 11.9. The molecule has 0 bridgehead atoms. The van der Waals surface area contributed by atoms with Crippen LogP contribution in [0.3, 0.4) is 0 Å². The van der Waals surface area contributed by atoms with E-state index in [2.05, 4.69) is 0 Å². The summed E-state index contributed by atoms with van der Waals surface area (Å²) in [6, 6.07) is 6.32. The normalized spacial score (nSPS) is 25.6. The van der Waals surface area contributed by atoms with E-state index >= 15 is 0 Å². The number of likely N-dealkylation sites (tertiary alicyclic amines) is 1. The summed E-state index contributed by atoms with van der Waals surface area (Å²) in [7, 11) is 0. The number of rotatable bonds is 4. The van der Waals surface area contributed by atoms with Crippen molar-refractivity contribution in [1.29, 1.82) is 0 Å². The quantitative estimate of drug-likeness (QED) is 0.785. The number of halogens is 1. The van der Waals surface area contributed by atoms with Gasteiger partial charge in [0.05, 0.1) is 18.9 Å². The van der Waals surface area contributed by atoms with E-state index in [0.29, 0.717) is 19.7 Å². The van der Waals surface area contributed by atoms with Gasteiger partial charge in [-0.3, -0.25) is 9.59 Å². The highest BCUT2D eigenvalue weighted by Gasteiger charge is 2.47. The van der Waals surface area contributed by atoms with Crippen LogP contribution < -0.4 is 4.74 Å². The van der Waals surface area contributed by atoms with Crippen molar-refractivity contribution in [1.82, 2.24) is 4.90 Å². The Balaban J connectivity index is 1.58. The van der Waals surface area contributed by atoms with Gasteiger partial charge in [-0.15, -0.1) is 0 Å². The third-order valence-electron chi connectivity index (χ3n) is 5.03. The van der Waals surface area contributed by atoms with E-state index in [1.165, 1.54) is 6.07 Å². The van der Waals surface area contributed by atoms with Crippen LogP contribution in [0.15, 0.2) is 24.3 Å². The van der Waals surface area contributed by atoms with Crippen LogP contribution >= 0.6 is 0 Å². The maximum Gasteiger partial charge on any atom is 0.307 e. The molecule has 0 aliphatic carbocycles. The molecule has 0 spiro atoms. The molecule has 0 N–H and O–H groups in total. The van der Waals surface area contributed by atoms with E-state index in [-0.39, 0.29) is 35.8 Å². The predicted octanol–water partition coefficient (Wildman–Crippen LogP) is 2.78. The van der Waals surface area contributed by atoms with Crippen molar-refractivity contribution in [2.75, 3.05) is 19.7 Å². The summed E-state index contributed by atoms with van der Waals surface area (Å²) in [5.41, 5.74) is -0.759. The first-order valence-corrected chi connectivity index (χ1v) is 8.75. The third-order valence-corrected chi connectivity index (χ3v) is 5.03. The average molecular weight is 349 g/mol. The Morgan fingerprint density at radius 2 is 2.16 bits per heavy atom. The molecule has 1 amide bonds. The van der Waals surface area contributed by atoms with E-state index in [0.717, 1.165) is 12.8 Å². The average Bonchev–Trinajstić information content (AvgIpc) is 2.86. The second-order valence-electron chi connectivity index (χ2n) is 7.37. The first kappa shape index (κ1) is 17.7. The molecule has 6 heteroatoms. The minimum atomic E-state index is -0.759. The summed E-state index contributed by atoms with van der Waals surface area (Å²) in [5.74, 6) is -0.785. The van der Waals surface area contributed by atoms with Crippen molar-refractivity contribution in [3.63, 3.8) is 0 Å². The number of cyclic esters (lactones) is 1. The van der Waals surface area contributed by atoms with Gasteiger partial charge in [0.25, 0.3) is 0 Å². The molecular weight excluding hydrogens is 325 g/mol. The first-order valence-electron chi connectivity index (χ1n) is 8.75. The molecule has 0 aromatic heterocycles. The lowest BCUT2D eigenvalue weighted by Gasteiger charge is -2.36. The molecule has 2 aliphatic heterocycles. The fourth-order valence-electron chi connectivity index (χ4n) is 3.59. The lowest BCUT2D eigenvalue weighted by Crippen LogP contribution is -2.48. The second-order valence-corrected chi connectivity index (χ2v) is 7.37. The molecule has 0 radical (unpaired) electrons. The van der Waals surface area contributed by atoms with Crippen LogP contribution in [-0.4, -0.2) is 42.1 Å². The smallest absolute Gasteiger partial charge is 0.307 e. The van der Waals surface area contributed by atoms with Crippen molar-refractivity contribution in [3.8, 4) is 5.75 Å². The van der Waals surface area contributed by atoms with Gasteiger partial charge >= 0.3 is 5.97 Å². The largest absolute Gasteiger partial charge is 0.490 e. The SMILES string of the molecule is CC1(C)OC(=O)C[C@@H]1C(=O)N1CCC[C@@H](COc2ccccc2F)C1. The molecule has 2 aliphatic rings. The Labute approximate surface area is 147 Å². The summed E-state index contributed by atoms with van der Waals surface area (Å²) in [5, 5.41) is 0. The standard InChI is InChI=1S/C19H24FNO4/c1-19(2)14(10-17(22)25-19)18(23)21-9-5-6-13(11-21)12-24-16-8-4-3-7-15(16)20/h3-4,7-8,13-14H,5-6,9-12H2,1-2H3/t13-,14-/m1/s1. The highest BCUT2D eigenvalue weighted by atomic mass is 19.1. The second kappa shape index (κ2) is 7.02. The maximum absolute atomic E-state index is 13.6. The summed E-state index contributed by atoms with van der Waals surface area (Å²) >= 11 is 0. The van der Waals surface area contributed by atoms with Crippen LogP contribution in [0.25, 0.3) is 0 Å². The molecule has 2 saturated heterocycles. The van der Waals surface area contributed by atoms with Gasteiger partial charge in [0.15, 0.2) is 11.6 Å². The number of benzene rings is 1. The monoisotopic (exact) mass is 349 g/mol.